The zero-order valence-electron chi connectivity index (χ0n) is 9.80. The first-order valence-corrected chi connectivity index (χ1v) is 5.59. The molecular formula is C11H20N4. The number of anilines is 2. The summed E-state index contributed by atoms with van der Waals surface area (Å²) in [4.78, 5) is 8.65. The zero-order valence-corrected chi connectivity index (χ0v) is 9.80. The van der Waals surface area contributed by atoms with Gasteiger partial charge in [0.25, 0.3) is 0 Å². The molecule has 0 saturated carbocycles. The van der Waals surface area contributed by atoms with Crippen LogP contribution in [0.15, 0.2) is 6.07 Å². The molecular weight excluding hydrogens is 188 g/mol. The van der Waals surface area contributed by atoms with Crippen LogP contribution in [-0.4, -0.2) is 23.1 Å². The third-order valence-corrected chi connectivity index (χ3v) is 2.03. The Morgan fingerprint density at radius 1 is 1.20 bits per heavy atom. The predicted molar refractivity (Wildman–Crippen MR) is 64.3 cm³/mol. The van der Waals surface area contributed by atoms with Gasteiger partial charge in [-0.15, -0.1) is 0 Å². The average molecular weight is 208 g/mol. The molecule has 1 heterocycles. The molecule has 0 bridgehead atoms. The highest BCUT2D eigenvalue weighted by Crippen LogP contribution is 2.09. The first-order chi connectivity index (χ1) is 7.26. The summed E-state index contributed by atoms with van der Waals surface area (Å²) in [5.74, 6) is 1.61. The van der Waals surface area contributed by atoms with Crippen LogP contribution in [0.5, 0.6) is 0 Å². The number of hydrogen-bond acceptors (Lipinski definition) is 4. The summed E-state index contributed by atoms with van der Waals surface area (Å²) in [7, 11) is 0. The molecule has 15 heavy (non-hydrogen) atoms. The first kappa shape index (κ1) is 11.8. The van der Waals surface area contributed by atoms with E-state index in [1.807, 2.05) is 19.9 Å². The Bertz CT molecular complexity index is 299. The van der Waals surface area contributed by atoms with Gasteiger partial charge in [0.15, 0.2) is 0 Å². The van der Waals surface area contributed by atoms with Gasteiger partial charge in [0, 0.05) is 24.8 Å². The molecule has 0 spiro atoms. The largest absolute Gasteiger partial charge is 0.370 e. The molecule has 0 aliphatic heterocycles. The number of aryl methyl sites for hydroxylation is 1. The predicted octanol–water partition coefficient (Wildman–Crippen LogP) is 2.43. The molecule has 84 valence electrons. The van der Waals surface area contributed by atoms with Gasteiger partial charge in [-0.2, -0.15) is 4.98 Å². The van der Waals surface area contributed by atoms with Crippen molar-refractivity contribution in [3.8, 4) is 0 Å². The van der Waals surface area contributed by atoms with Gasteiger partial charge in [0.2, 0.25) is 5.95 Å². The van der Waals surface area contributed by atoms with Gasteiger partial charge < -0.3 is 10.6 Å². The van der Waals surface area contributed by atoms with Gasteiger partial charge in [-0.25, -0.2) is 4.98 Å². The molecule has 4 heteroatoms. The molecule has 0 fully saturated rings. The van der Waals surface area contributed by atoms with E-state index in [-0.39, 0.29) is 0 Å². The topological polar surface area (TPSA) is 49.8 Å². The summed E-state index contributed by atoms with van der Waals surface area (Å²) in [5.41, 5.74) is 0.986. The summed E-state index contributed by atoms with van der Waals surface area (Å²) in [5, 5.41) is 6.41. The smallest absolute Gasteiger partial charge is 0.224 e. The lowest BCUT2D eigenvalue weighted by Crippen LogP contribution is -2.08. The van der Waals surface area contributed by atoms with Crippen LogP contribution in [-0.2, 0) is 0 Å². The second-order valence-electron chi connectivity index (χ2n) is 3.53. The number of unbranched alkanes of at least 4 members (excludes halogenated alkanes) is 1. The van der Waals surface area contributed by atoms with Crippen molar-refractivity contribution in [1.82, 2.24) is 9.97 Å². The zero-order chi connectivity index (χ0) is 11.1. The van der Waals surface area contributed by atoms with Crippen molar-refractivity contribution >= 4 is 11.8 Å². The van der Waals surface area contributed by atoms with E-state index >= 15 is 0 Å². The minimum absolute atomic E-state index is 0.705. The van der Waals surface area contributed by atoms with Crippen molar-refractivity contribution in [2.75, 3.05) is 23.7 Å². The molecule has 4 nitrogen and oxygen atoms in total. The minimum atomic E-state index is 0.705. The summed E-state index contributed by atoms with van der Waals surface area (Å²) in [6.45, 7) is 8.01. The van der Waals surface area contributed by atoms with Crippen LogP contribution in [0, 0.1) is 6.92 Å². The highest BCUT2D eigenvalue weighted by atomic mass is 15.1. The lowest BCUT2D eigenvalue weighted by Gasteiger charge is -2.08. The number of nitrogens with zero attached hydrogens (tertiary/aromatic N) is 2. The summed E-state index contributed by atoms with van der Waals surface area (Å²) in [6.07, 6.45) is 2.36. The average Bonchev–Trinajstić information content (AvgIpc) is 2.18. The highest BCUT2D eigenvalue weighted by molar-refractivity contribution is 5.41. The van der Waals surface area contributed by atoms with E-state index in [2.05, 4.69) is 27.5 Å². The van der Waals surface area contributed by atoms with Crippen molar-refractivity contribution in [3.63, 3.8) is 0 Å². The Morgan fingerprint density at radius 2 is 2.00 bits per heavy atom. The van der Waals surface area contributed by atoms with Gasteiger partial charge in [-0.1, -0.05) is 13.3 Å². The van der Waals surface area contributed by atoms with E-state index in [0.29, 0.717) is 5.95 Å². The molecule has 0 amide bonds. The normalized spacial score (nSPS) is 10.1. The van der Waals surface area contributed by atoms with Gasteiger partial charge in [-0.05, 0) is 20.3 Å². The monoisotopic (exact) mass is 208 g/mol. The van der Waals surface area contributed by atoms with Crippen molar-refractivity contribution < 1.29 is 0 Å². The molecule has 0 aliphatic carbocycles. The third kappa shape index (κ3) is 4.14. The maximum absolute atomic E-state index is 4.36. The molecule has 0 aliphatic rings. The molecule has 1 rings (SSSR count). The standard InChI is InChI=1S/C11H20N4/c1-4-6-7-13-10-8-9(3)14-11(15-10)12-5-2/h8H,4-7H2,1-3H3,(H2,12,13,14,15). The van der Waals surface area contributed by atoms with Gasteiger partial charge in [-0.3, -0.25) is 0 Å². The van der Waals surface area contributed by atoms with Crippen molar-refractivity contribution in [3.05, 3.63) is 11.8 Å². The van der Waals surface area contributed by atoms with E-state index in [1.54, 1.807) is 0 Å². The maximum atomic E-state index is 4.36. The van der Waals surface area contributed by atoms with Crippen LogP contribution < -0.4 is 10.6 Å². The Labute approximate surface area is 91.5 Å². The molecule has 2 N–H and O–H groups in total. The van der Waals surface area contributed by atoms with Crippen LogP contribution >= 0.6 is 0 Å². The quantitative estimate of drug-likeness (QED) is 0.705. The Morgan fingerprint density at radius 3 is 2.67 bits per heavy atom. The second-order valence-corrected chi connectivity index (χ2v) is 3.53. The van der Waals surface area contributed by atoms with E-state index < -0.39 is 0 Å². The Kier molecular flexibility index (Phi) is 4.87. The number of hydrogen-bond donors (Lipinski definition) is 2. The third-order valence-electron chi connectivity index (χ3n) is 2.03. The van der Waals surface area contributed by atoms with Crippen molar-refractivity contribution in [2.24, 2.45) is 0 Å². The lowest BCUT2D eigenvalue weighted by molar-refractivity contribution is 0.830. The second kappa shape index (κ2) is 6.22. The molecule has 1 aromatic heterocycles. The lowest BCUT2D eigenvalue weighted by atomic mass is 10.3. The van der Waals surface area contributed by atoms with Gasteiger partial charge >= 0.3 is 0 Å². The van der Waals surface area contributed by atoms with E-state index in [1.165, 1.54) is 12.8 Å². The fourth-order valence-corrected chi connectivity index (χ4v) is 1.29. The number of nitrogens with one attached hydrogen (secondary N) is 2. The summed E-state index contributed by atoms with van der Waals surface area (Å²) in [6, 6.07) is 1.97. The number of rotatable bonds is 6. The SMILES string of the molecule is CCCCNc1cc(C)nc(NCC)n1. The molecule has 0 saturated heterocycles. The fraction of sp³-hybridized carbons (Fsp3) is 0.636. The molecule has 0 unspecified atom stereocenters. The van der Waals surface area contributed by atoms with Gasteiger partial charge in [0.1, 0.15) is 5.82 Å². The summed E-state index contributed by atoms with van der Waals surface area (Å²) < 4.78 is 0. The highest BCUT2D eigenvalue weighted by Gasteiger charge is 1.99. The molecule has 0 atom stereocenters. The van der Waals surface area contributed by atoms with E-state index in [4.69, 9.17) is 0 Å². The Balaban J connectivity index is 2.62. The van der Waals surface area contributed by atoms with Crippen LogP contribution in [0.3, 0.4) is 0 Å². The Hall–Kier alpha value is -1.32. The molecule has 1 aromatic rings. The van der Waals surface area contributed by atoms with Crippen molar-refractivity contribution in [1.29, 1.82) is 0 Å². The van der Waals surface area contributed by atoms with E-state index in [9.17, 15) is 0 Å². The van der Waals surface area contributed by atoms with E-state index in [0.717, 1.165) is 24.6 Å². The summed E-state index contributed by atoms with van der Waals surface area (Å²) >= 11 is 0. The first-order valence-electron chi connectivity index (χ1n) is 5.59. The van der Waals surface area contributed by atoms with Crippen LogP contribution in [0.1, 0.15) is 32.4 Å². The fourth-order valence-electron chi connectivity index (χ4n) is 1.29. The van der Waals surface area contributed by atoms with Crippen LogP contribution in [0.2, 0.25) is 0 Å². The van der Waals surface area contributed by atoms with Crippen molar-refractivity contribution in [2.45, 2.75) is 33.6 Å². The number of aromatic nitrogens is 2. The van der Waals surface area contributed by atoms with Gasteiger partial charge in [0.05, 0.1) is 0 Å². The molecule has 0 radical (unpaired) electrons. The maximum Gasteiger partial charge on any atom is 0.224 e. The van der Waals surface area contributed by atoms with Crippen LogP contribution in [0.4, 0.5) is 11.8 Å². The molecule has 0 aromatic carbocycles. The van der Waals surface area contributed by atoms with Crippen LogP contribution in [0.25, 0.3) is 0 Å². The minimum Gasteiger partial charge on any atom is -0.370 e.